The Morgan fingerprint density at radius 3 is 2.71 bits per heavy atom. The first-order valence-corrected chi connectivity index (χ1v) is 5.15. The van der Waals surface area contributed by atoms with Crippen LogP contribution in [0.2, 0.25) is 0 Å². The third-order valence-electron chi connectivity index (χ3n) is 2.27. The van der Waals surface area contributed by atoms with Crippen LogP contribution in [-0.2, 0) is 6.54 Å². The molecule has 2 heterocycles. The van der Waals surface area contributed by atoms with Crippen molar-refractivity contribution in [3.63, 3.8) is 0 Å². The molecule has 5 heteroatoms. The van der Waals surface area contributed by atoms with E-state index in [1.807, 2.05) is 12.1 Å². The number of nitrogens with two attached hydrogens (primary N) is 1. The molecule has 3 N–H and O–H groups in total. The number of hydrogen-bond acceptors (Lipinski definition) is 4. The number of anilines is 1. The van der Waals surface area contributed by atoms with Crippen LogP contribution in [0, 0.1) is 0 Å². The third-order valence-corrected chi connectivity index (χ3v) is 2.27. The molecule has 1 amide bonds. The molecule has 2 aromatic heterocycles. The molecule has 0 bridgehead atoms. The van der Waals surface area contributed by atoms with E-state index in [1.54, 1.807) is 24.5 Å². The number of carbonyl (C=O) groups excluding carboxylic acids is 1. The first-order chi connectivity index (χ1) is 8.27. The summed E-state index contributed by atoms with van der Waals surface area (Å²) in [6, 6.07) is 7.32. The Hall–Kier alpha value is -2.43. The minimum absolute atomic E-state index is 0.251. The molecular formula is C12H12N4O. The van der Waals surface area contributed by atoms with Gasteiger partial charge in [-0.05, 0) is 29.8 Å². The van der Waals surface area contributed by atoms with Gasteiger partial charge in [-0.25, -0.2) is 4.98 Å². The fraction of sp³-hybridized carbons (Fsp3) is 0.0833. The number of pyridine rings is 2. The minimum Gasteiger partial charge on any atom is -0.379 e. The Morgan fingerprint density at radius 2 is 2.00 bits per heavy atom. The van der Waals surface area contributed by atoms with Gasteiger partial charge in [0.25, 0.3) is 5.91 Å². The Bertz CT molecular complexity index is 513. The molecule has 2 aromatic rings. The van der Waals surface area contributed by atoms with Crippen LogP contribution >= 0.6 is 0 Å². The van der Waals surface area contributed by atoms with Crippen molar-refractivity contribution in [3.8, 4) is 0 Å². The van der Waals surface area contributed by atoms with E-state index in [2.05, 4.69) is 15.3 Å². The number of rotatable bonds is 4. The highest BCUT2D eigenvalue weighted by atomic mass is 16.1. The van der Waals surface area contributed by atoms with Gasteiger partial charge in [0, 0.05) is 25.1 Å². The van der Waals surface area contributed by atoms with Crippen molar-refractivity contribution in [2.75, 3.05) is 5.32 Å². The fourth-order valence-electron chi connectivity index (χ4n) is 1.44. The Morgan fingerprint density at radius 1 is 1.24 bits per heavy atom. The Kier molecular flexibility index (Phi) is 3.30. The van der Waals surface area contributed by atoms with Gasteiger partial charge < -0.3 is 11.1 Å². The summed E-state index contributed by atoms with van der Waals surface area (Å²) in [7, 11) is 0. The first-order valence-electron chi connectivity index (χ1n) is 5.15. The maximum absolute atomic E-state index is 11.1. The van der Waals surface area contributed by atoms with Gasteiger partial charge in [-0.1, -0.05) is 0 Å². The van der Waals surface area contributed by atoms with Crippen molar-refractivity contribution in [1.29, 1.82) is 0 Å². The normalized spacial score (nSPS) is 9.88. The van der Waals surface area contributed by atoms with E-state index < -0.39 is 5.91 Å². The molecular weight excluding hydrogens is 216 g/mol. The zero-order valence-corrected chi connectivity index (χ0v) is 9.13. The van der Waals surface area contributed by atoms with Crippen molar-refractivity contribution >= 4 is 11.6 Å². The van der Waals surface area contributed by atoms with Crippen molar-refractivity contribution in [2.24, 2.45) is 5.73 Å². The second-order valence-corrected chi connectivity index (χ2v) is 3.47. The molecule has 0 spiro atoms. The van der Waals surface area contributed by atoms with Crippen LogP contribution in [0.25, 0.3) is 0 Å². The first kappa shape index (κ1) is 11.1. The predicted octanol–water partition coefficient (Wildman–Crippen LogP) is 1.19. The molecule has 0 radical (unpaired) electrons. The van der Waals surface area contributed by atoms with E-state index in [4.69, 9.17) is 5.73 Å². The molecule has 0 aliphatic rings. The standard InChI is InChI=1S/C12H12N4O/c13-12(17)11-10(2-1-5-15-11)16-8-9-3-6-14-7-4-9/h1-7,16H,8H2,(H2,13,17). The Balaban J connectivity index is 2.12. The minimum atomic E-state index is -0.539. The van der Waals surface area contributed by atoms with Crippen LogP contribution < -0.4 is 11.1 Å². The van der Waals surface area contributed by atoms with Gasteiger partial charge in [0.1, 0.15) is 0 Å². The zero-order valence-electron chi connectivity index (χ0n) is 9.13. The number of carbonyl (C=O) groups is 1. The summed E-state index contributed by atoms with van der Waals surface area (Å²) in [6.45, 7) is 0.592. The quantitative estimate of drug-likeness (QED) is 0.823. The summed E-state index contributed by atoms with van der Waals surface area (Å²) >= 11 is 0. The molecule has 86 valence electrons. The maximum Gasteiger partial charge on any atom is 0.269 e. The molecule has 5 nitrogen and oxygen atoms in total. The zero-order chi connectivity index (χ0) is 12.1. The second-order valence-electron chi connectivity index (χ2n) is 3.47. The predicted molar refractivity (Wildman–Crippen MR) is 64.3 cm³/mol. The van der Waals surface area contributed by atoms with Crippen molar-refractivity contribution < 1.29 is 4.79 Å². The lowest BCUT2D eigenvalue weighted by atomic mass is 10.2. The maximum atomic E-state index is 11.1. The SMILES string of the molecule is NC(=O)c1ncccc1NCc1ccncc1. The Labute approximate surface area is 98.7 Å². The van der Waals surface area contributed by atoms with Gasteiger partial charge in [0.2, 0.25) is 0 Å². The number of hydrogen-bond donors (Lipinski definition) is 2. The average molecular weight is 228 g/mol. The van der Waals surface area contributed by atoms with Crippen LogP contribution in [0.5, 0.6) is 0 Å². The van der Waals surface area contributed by atoms with E-state index in [0.29, 0.717) is 12.2 Å². The van der Waals surface area contributed by atoms with Crippen LogP contribution in [0.3, 0.4) is 0 Å². The van der Waals surface area contributed by atoms with Gasteiger partial charge in [-0.3, -0.25) is 9.78 Å². The van der Waals surface area contributed by atoms with Crippen molar-refractivity contribution in [1.82, 2.24) is 9.97 Å². The monoisotopic (exact) mass is 228 g/mol. The molecule has 17 heavy (non-hydrogen) atoms. The van der Waals surface area contributed by atoms with Gasteiger partial charge in [-0.15, -0.1) is 0 Å². The molecule has 0 atom stereocenters. The number of nitrogens with zero attached hydrogens (tertiary/aromatic N) is 2. The number of aromatic nitrogens is 2. The van der Waals surface area contributed by atoms with Crippen molar-refractivity contribution in [3.05, 3.63) is 54.1 Å². The topological polar surface area (TPSA) is 80.9 Å². The molecule has 0 aromatic carbocycles. The second kappa shape index (κ2) is 5.07. The van der Waals surface area contributed by atoms with E-state index >= 15 is 0 Å². The highest BCUT2D eigenvalue weighted by Crippen LogP contribution is 2.12. The average Bonchev–Trinajstić information content (AvgIpc) is 2.38. The summed E-state index contributed by atoms with van der Waals surface area (Å²) in [5.74, 6) is -0.539. The smallest absolute Gasteiger partial charge is 0.269 e. The summed E-state index contributed by atoms with van der Waals surface area (Å²) in [5, 5.41) is 3.12. The van der Waals surface area contributed by atoms with E-state index in [1.165, 1.54) is 6.20 Å². The molecule has 0 aliphatic carbocycles. The summed E-state index contributed by atoms with van der Waals surface area (Å²) in [5.41, 5.74) is 7.19. The lowest BCUT2D eigenvalue weighted by Gasteiger charge is -2.08. The van der Waals surface area contributed by atoms with Gasteiger partial charge in [0.05, 0.1) is 5.69 Å². The van der Waals surface area contributed by atoms with Crippen LogP contribution in [0.4, 0.5) is 5.69 Å². The molecule has 0 unspecified atom stereocenters. The van der Waals surface area contributed by atoms with E-state index in [0.717, 1.165) is 5.56 Å². The molecule has 0 fully saturated rings. The fourth-order valence-corrected chi connectivity index (χ4v) is 1.44. The largest absolute Gasteiger partial charge is 0.379 e. The molecule has 0 aliphatic heterocycles. The lowest BCUT2D eigenvalue weighted by molar-refractivity contribution is 0.0996. The van der Waals surface area contributed by atoms with Gasteiger partial charge in [-0.2, -0.15) is 0 Å². The van der Waals surface area contributed by atoms with E-state index in [-0.39, 0.29) is 5.69 Å². The lowest BCUT2D eigenvalue weighted by Crippen LogP contribution is -2.16. The number of nitrogens with one attached hydrogen (secondary N) is 1. The summed E-state index contributed by atoms with van der Waals surface area (Å²) in [4.78, 5) is 19.0. The number of amides is 1. The van der Waals surface area contributed by atoms with Gasteiger partial charge >= 0.3 is 0 Å². The molecule has 2 rings (SSSR count). The molecule has 0 saturated heterocycles. The number of primary amides is 1. The molecule has 0 saturated carbocycles. The summed E-state index contributed by atoms with van der Waals surface area (Å²) in [6.07, 6.45) is 4.97. The highest BCUT2D eigenvalue weighted by Gasteiger charge is 2.07. The van der Waals surface area contributed by atoms with Crippen LogP contribution in [0.15, 0.2) is 42.9 Å². The van der Waals surface area contributed by atoms with Crippen LogP contribution in [-0.4, -0.2) is 15.9 Å². The van der Waals surface area contributed by atoms with Gasteiger partial charge in [0.15, 0.2) is 5.69 Å². The third kappa shape index (κ3) is 2.78. The highest BCUT2D eigenvalue weighted by molar-refractivity contribution is 5.96. The van der Waals surface area contributed by atoms with Crippen LogP contribution in [0.1, 0.15) is 16.1 Å². The van der Waals surface area contributed by atoms with Crippen molar-refractivity contribution in [2.45, 2.75) is 6.54 Å². The summed E-state index contributed by atoms with van der Waals surface area (Å²) < 4.78 is 0. The van der Waals surface area contributed by atoms with E-state index in [9.17, 15) is 4.79 Å².